The summed E-state index contributed by atoms with van der Waals surface area (Å²) < 4.78 is 5.02. The Bertz CT molecular complexity index is 509. The normalized spacial score (nSPS) is 10.6. The lowest BCUT2D eigenvalue weighted by Gasteiger charge is -1.99. The van der Waals surface area contributed by atoms with Crippen LogP contribution in [0.2, 0.25) is 0 Å². The molecule has 0 aliphatic heterocycles. The molecule has 2 heteroatoms. The molecule has 66 valence electrons. The lowest BCUT2D eigenvalue weighted by molar-refractivity contribution is 0.488. The smallest absolute Gasteiger partial charge is 0.344 e. The fourth-order valence-electron chi connectivity index (χ4n) is 1.54. The monoisotopic (exact) mass is 174 g/mol. The van der Waals surface area contributed by atoms with Crippen LogP contribution in [-0.4, -0.2) is 0 Å². The van der Waals surface area contributed by atoms with Gasteiger partial charge in [0, 0.05) is 0 Å². The molecule has 0 saturated heterocycles. The summed E-state index contributed by atoms with van der Waals surface area (Å²) in [6.07, 6.45) is 0. The first-order chi connectivity index (χ1) is 6.18. The van der Waals surface area contributed by atoms with Gasteiger partial charge in [-0.15, -0.1) is 0 Å². The summed E-state index contributed by atoms with van der Waals surface area (Å²) in [6, 6.07) is 7.65. The van der Waals surface area contributed by atoms with Gasteiger partial charge in [-0.3, -0.25) is 0 Å². The van der Waals surface area contributed by atoms with E-state index in [-0.39, 0.29) is 5.63 Å². The van der Waals surface area contributed by atoms with E-state index < -0.39 is 0 Å². The van der Waals surface area contributed by atoms with Crippen molar-refractivity contribution in [2.24, 2.45) is 0 Å². The second-order valence-electron chi connectivity index (χ2n) is 3.18. The van der Waals surface area contributed by atoms with Crippen molar-refractivity contribution in [1.29, 1.82) is 0 Å². The first kappa shape index (κ1) is 8.05. The highest BCUT2D eigenvalue weighted by atomic mass is 16.4. The molecule has 0 bridgehead atoms. The Morgan fingerprint density at radius 1 is 1.23 bits per heavy atom. The van der Waals surface area contributed by atoms with Crippen LogP contribution in [0.3, 0.4) is 0 Å². The van der Waals surface area contributed by atoms with Crippen LogP contribution in [0.25, 0.3) is 10.8 Å². The highest BCUT2D eigenvalue weighted by Gasteiger charge is 2.03. The SMILES string of the molecule is Cc1cc2cccc(C)c2c(=O)o1. The van der Waals surface area contributed by atoms with Crippen molar-refractivity contribution in [3.63, 3.8) is 0 Å². The number of aryl methyl sites for hydroxylation is 2. The van der Waals surface area contributed by atoms with Crippen molar-refractivity contribution in [1.82, 2.24) is 0 Å². The van der Waals surface area contributed by atoms with Crippen LogP contribution in [0.15, 0.2) is 33.5 Å². The summed E-state index contributed by atoms with van der Waals surface area (Å²) in [5, 5.41) is 1.64. The summed E-state index contributed by atoms with van der Waals surface area (Å²) in [5.74, 6) is 0.656. The molecule has 0 aliphatic carbocycles. The zero-order valence-electron chi connectivity index (χ0n) is 7.63. The lowest BCUT2D eigenvalue weighted by Crippen LogP contribution is -2.01. The number of benzene rings is 1. The van der Waals surface area contributed by atoms with Crippen LogP contribution >= 0.6 is 0 Å². The van der Waals surface area contributed by atoms with E-state index >= 15 is 0 Å². The largest absolute Gasteiger partial charge is 0.428 e. The average molecular weight is 174 g/mol. The zero-order valence-corrected chi connectivity index (χ0v) is 7.63. The molecule has 2 rings (SSSR count). The molecule has 13 heavy (non-hydrogen) atoms. The Kier molecular flexibility index (Phi) is 1.69. The summed E-state index contributed by atoms with van der Waals surface area (Å²) in [5.41, 5.74) is 0.722. The number of hydrogen-bond acceptors (Lipinski definition) is 2. The van der Waals surface area contributed by atoms with E-state index in [0.29, 0.717) is 11.1 Å². The summed E-state index contributed by atoms with van der Waals surface area (Å²) in [7, 11) is 0. The van der Waals surface area contributed by atoms with E-state index in [2.05, 4.69) is 0 Å². The lowest BCUT2D eigenvalue weighted by atomic mass is 10.1. The van der Waals surface area contributed by atoms with Gasteiger partial charge in [-0.05, 0) is 30.9 Å². The van der Waals surface area contributed by atoms with Gasteiger partial charge in [-0.1, -0.05) is 18.2 Å². The maximum absolute atomic E-state index is 11.5. The standard InChI is InChI=1S/C11H10O2/c1-7-4-3-5-9-6-8(2)13-11(12)10(7)9/h3-6H,1-2H3. The predicted octanol–water partition coefficient (Wildman–Crippen LogP) is 2.41. The zero-order chi connectivity index (χ0) is 9.42. The summed E-state index contributed by atoms with van der Waals surface area (Å²) >= 11 is 0. The Hall–Kier alpha value is -1.57. The van der Waals surface area contributed by atoms with Crippen LogP contribution in [-0.2, 0) is 0 Å². The van der Waals surface area contributed by atoms with Gasteiger partial charge in [-0.2, -0.15) is 0 Å². The molecule has 0 radical (unpaired) electrons. The molecule has 1 aromatic heterocycles. The van der Waals surface area contributed by atoms with Crippen LogP contribution < -0.4 is 5.63 Å². The number of fused-ring (bicyclic) bond motifs is 1. The van der Waals surface area contributed by atoms with Crippen molar-refractivity contribution >= 4 is 10.8 Å². The van der Waals surface area contributed by atoms with Crippen molar-refractivity contribution < 1.29 is 4.42 Å². The molecule has 0 unspecified atom stereocenters. The van der Waals surface area contributed by atoms with Crippen molar-refractivity contribution in [3.05, 3.63) is 46.0 Å². The molecule has 0 spiro atoms. The number of rotatable bonds is 0. The fraction of sp³-hybridized carbons (Fsp3) is 0.182. The third-order valence-electron chi connectivity index (χ3n) is 2.12. The molecule has 1 aromatic carbocycles. The predicted molar refractivity (Wildman–Crippen MR) is 52.0 cm³/mol. The molecule has 2 aromatic rings. The average Bonchev–Trinajstić information content (AvgIpc) is 2.02. The quantitative estimate of drug-likeness (QED) is 0.614. The minimum Gasteiger partial charge on any atom is -0.428 e. The van der Waals surface area contributed by atoms with Gasteiger partial charge in [0.05, 0.1) is 5.39 Å². The molecule has 0 saturated carbocycles. The highest BCUT2D eigenvalue weighted by Crippen LogP contribution is 2.14. The van der Waals surface area contributed by atoms with E-state index in [9.17, 15) is 4.79 Å². The Morgan fingerprint density at radius 2 is 2.00 bits per heavy atom. The van der Waals surface area contributed by atoms with E-state index in [4.69, 9.17) is 4.42 Å². The molecule has 1 heterocycles. The molecule has 0 N–H and O–H groups in total. The second kappa shape index (κ2) is 2.73. The minimum atomic E-state index is -0.242. The van der Waals surface area contributed by atoms with E-state index in [1.165, 1.54) is 0 Å². The van der Waals surface area contributed by atoms with Gasteiger partial charge in [0.25, 0.3) is 0 Å². The fourth-order valence-corrected chi connectivity index (χ4v) is 1.54. The second-order valence-corrected chi connectivity index (χ2v) is 3.18. The topological polar surface area (TPSA) is 30.2 Å². The molecular weight excluding hydrogens is 164 g/mol. The van der Waals surface area contributed by atoms with Gasteiger partial charge in [0.2, 0.25) is 0 Å². The Labute approximate surface area is 75.8 Å². The van der Waals surface area contributed by atoms with Gasteiger partial charge >= 0.3 is 5.63 Å². The van der Waals surface area contributed by atoms with E-state index in [0.717, 1.165) is 10.9 Å². The third kappa shape index (κ3) is 1.24. The highest BCUT2D eigenvalue weighted by molar-refractivity contribution is 5.84. The first-order valence-electron chi connectivity index (χ1n) is 4.18. The maximum Gasteiger partial charge on any atom is 0.344 e. The van der Waals surface area contributed by atoms with Gasteiger partial charge in [-0.25, -0.2) is 4.79 Å². The molecule has 2 nitrogen and oxygen atoms in total. The van der Waals surface area contributed by atoms with Gasteiger partial charge in [0.1, 0.15) is 5.76 Å². The molecular formula is C11H10O2. The summed E-state index contributed by atoms with van der Waals surface area (Å²) in [6.45, 7) is 3.69. The first-order valence-corrected chi connectivity index (χ1v) is 4.18. The van der Waals surface area contributed by atoms with E-state index in [1.54, 1.807) is 6.92 Å². The van der Waals surface area contributed by atoms with Crippen molar-refractivity contribution in [3.8, 4) is 0 Å². The molecule has 0 aliphatic rings. The molecule has 0 atom stereocenters. The Morgan fingerprint density at radius 3 is 2.77 bits per heavy atom. The van der Waals surface area contributed by atoms with Gasteiger partial charge in [0.15, 0.2) is 0 Å². The molecule has 0 fully saturated rings. The Balaban J connectivity index is 3.03. The minimum absolute atomic E-state index is 0.242. The van der Waals surface area contributed by atoms with Gasteiger partial charge < -0.3 is 4.42 Å². The van der Waals surface area contributed by atoms with Crippen LogP contribution in [0.1, 0.15) is 11.3 Å². The third-order valence-corrected chi connectivity index (χ3v) is 2.12. The number of hydrogen-bond donors (Lipinski definition) is 0. The van der Waals surface area contributed by atoms with Crippen molar-refractivity contribution in [2.75, 3.05) is 0 Å². The van der Waals surface area contributed by atoms with Crippen molar-refractivity contribution in [2.45, 2.75) is 13.8 Å². The van der Waals surface area contributed by atoms with Crippen LogP contribution in [0.5, 0.6) is 0 Å². The molecule has 0 amide bonds. The van der Waals surface area contributed by atoms with E-state index in [1.807, 2.05) is 31.2 Å². The van der Waals surface area contributed by atoms with Crippen LogP contribution in [0, 0.1) is 13.8 Å². The maximum atomic E-state index is 11.5. The summed E-state index contributed by atoms with van der Waals surface area (Å²) in [4.78, 5) is 11.5. The van der Waals surface area contributed by atoms with Crippen LogP contribution in [0.4, 0.5) is 0 Å².